The van der Waals surface area contributed by atoms with Crippen molar-refractivity contribution in [3.63, 3.8) is 0 Å². The van der Waals surface area contributed by atoms with Crippen LogP contribution in [0.1, 0.15) is 11.4 Å². The summed E-state index contributed by atoms with van der Waals surface area (Å²) in [6.45, 7) is 1.09. The molecule has 0 aliphatic carbocycles. The molecular formula is C14H16N2OS. The number of fused-ring (bicyclic) bond motifs is 1. The first-order valence-electron chi connectivity index (χ1n) is 6.09. The van der Waals surface area contributed by atoms with E-state index in [0.29, 0.717) is 5.25 Å². The topological polar surface area (TPSA) is 27.1 Å². The molecule has 1 aromatic carbocycles. The highest BCUT2D eigenvalue weighted by Gasteiger charge is 2.21. The van der Waals surface area contributed by atoms with E-state index in [1.165, 1.54) is 11.4 Å². The Kier molecular flexibility index (Phi) is 3.28. The molecule has 94 valence electrons. The third-order valence-electron chi connectivity index (χ3n) is 3.26. The van der Waals surface area contributed by atoms with Crippen molar-refractivity contribution in [2.45, 2.75) is 24.0 Å². The number of benzene rings is 1. The Bertz CT molecular complexity index is 500. The standard InChI is InChI=1S/C14H16N2OS/c1-17-12-4-2-11(3-5-12)10-18-13-8-14-15-6-7-16(14)9-13/h2-7,13H,8-10H2,1H3/t13-/m0/s1. The lowest BCUT2D eigenvalue weighted by Crippen LogP contribution is -2.04. The molecule has 2 heterocycles. The van der Waals surface area contributed by atoms with Gasteiger partial charge in [-0.3, -0.25) is 0 Å². The number of imidazole rings is 1. The Morgan fingerprint density at radius 3 is 2.94 bits per heavy atom. The Morgan fingerprint density at radius 1 is 1.39 bits per heavy atom. The van der Waals surface area contributed by atoms with E-state index >= 15 is 0 Å². The van der Waals surface area contributed by atoms with Crippen molar-refractivity contribution in [3.8, 4) is 5.75 Å². The summed E-state index contributed by atoms with van der Waals surface area (Å²) < 4.78 is 7.42. The number of hydrogen-bond donors (Lipinski definition) is 0. The van der Waals surface area contributed by atoms with Gasteiger partial charge in [-0.25, -0.2) is 4.98 Å². The Labute approximate surface area is 111 Å². The van der Waals surface area contributed by atoms with Crippen molar-refractivity contribution in [3.05, 3.63) is 48.0 Å². The molecule has 1 aliphatic rings. The number of hydrogen-bond acceptors (Lipinski definition) is 3. The molecule has 1 aromatic heterocycles. The van der Waals surface area contributed by atoms with Crippen LogP contribution in [-0.4, -0.2) is 21.9 Å². The fourth-order valence-electron chi connectivity index (χ4n) is 2.23. The molecule has 3 rings (SSSR count). The smallest absolute Gasteiger partial charge is 0.118 e. The molecule has 1 aliphatic heterocycles. The van der Waals surface area contributed by atoms with Gasteiger partial charge in [0.2, 0.25) is 0 Å². The zero-order chi connectivity index (χ0) is 12.4. The number of thioether (sulfide) groups is 1. The molecule has 0 bridgehead atoms. The number of rotatable bonds is 4. The molecule has 18 heavy (non-hydrogen) atoms. The van der Waals surface area contributed by atoms with Gasteiger partial charge in [-0.05, 0) is 17.7 Å². The lowest BCUT2D eigenvalue weighted by molar-refractivity contribution is 0.414. The van der Waals surface area contributed by atoms with Crippen molar-refractivity contribution in [1.82, 2.24) is 9.55 Å². The predicted octanol–water partition coefficient (Wildman–Crippen LogP) is 2.75. The Hall–Kier alpha value is -1.42. The largest absolute Gasteiger partial charge is 0.497 e. The second-order valence-electron chi connectivity index (χ2n) is 4.48. The first-order valence-corrected chi connectivity index (χ1v) is 7.14. The van der Waals surface area contributed by atoms with E-state index in [4.69, 9.17) is 4.74 Å². The van der Waals surface area contributed by atoms with E-state index in [2.05, 4.69) is 27.9 Å². The minimum atomic E-state index is 0.663. The molecule has 0 saturated heterocycles. The van der Waals surface area contributed by atoms with E-state index < -0.39 is 0 Å². The van der Waals surface area contributed by atoms with Crippen LogP contribution in [0, 0.1) is 0 Å². The van der Waals surface area contributed by atoms with Crippen molar-refractivity contribution in [2.75, 3.05) is 7.11 Å². The lowest BCUT2D eigenvalue weighted by Gasteiger charge is -2.09. The quantitative estimate of drug-likeness (QED) is 0.846. The van der Waals surface area contributed by atoms with Crippen molar-refractivity contribution < 1.29 is 4.74 Å². The van der Waals surface area contributed by atoms with Crippen LogP contribution in [0.4, 0.5) is 0 Å². The van der Waals surface area contributed by atoms with Gasteiger partial charge in [0.05, 0.1) is 7.11 Å². The van der Waals surface area contributed by atoms with E-state index in [1.807, 2.05) is 30.1 Å². The molecule has 0 spiro atoms. The third-order valence-corrected chi connectivity index (χ3v) is 4.54. The molecule has 0 fully saturated rings. The summed E-state index contributed by atoms with van der Waals surface area (Å²) in [5.41, 5.74) is 1.35. The SMILES string of the molecule is COc1ccc(CS[C@H]2Cc3nccn3C2)cc1. The first-order chi connectivity index (χ1) is 8.85. The zero-order valence-corrected chi connectivity index (χ0v) is 11.2. The fourth-order valence-corrected chi connectivity index (χ4v) is 3.38. The van der Waals surface area contributed by atoms with Crippen LogP contribution in [0.5, 0.6) is 5.75 Å². The highest BCUT2D eigenvalue weighted by molar-refractivity contribution is 7.99. The summed E-state index contributed by atoms with van der Waals surface area (Å²) in [5.74, 6) is 3.20. The van der Waals surface area contributed by atoms with Gasteiger partial charge in [-0.2, -0.15) is 11.8 Å². The summed E-state index contributed by atoms with van der Waals surface area (Å²) in [5, 5.41) is 0.663. The Morgan fingerprint density at radius 2 is 2.22 bits per heavy atom. The number of nitrogens with zero attached hydrogens (tertiary/aromatic N) is 2. The summed E-state index contributed by atoms with van der Waals surface area (Å²) in [7, 11) is 1.70. The monoisotopic (exact) mass is 260 g/mol. The summed E-state index contributed by atoms with van der Waals surface area (Å²) in [6.07, 6.45) is 5.05. The normalized spacial score (nSPS) is 17.7. The minimum absolute atomic E-state index is 0.663. The summed E-state index contributed by atoms with van der Waals surface area (Å²) in [4.78, 5) is 4.36. The van der Waals surface area contributed by atoms with E-state index in [0.717, 1.165) is 24.5 Å². The fraction of sp³-hybridized carbons (Fsp3) is 0.357. The van der Waals surface area contributed by atoms with Crippen LogP contribution in [-0.2, 0) is 18.7 Å². The van der Waals surface area contributed by atoms with Gasteiger partial charge in [0.1, 0.15) is 11.6 Å². The van der Waals surface area contributed by atoms with Gasteiger partial charge >= 0.3 is 0 Å². The summed E-state index contributed by atoms with van der Waals surface area (Å²) >= 11 is 2.01. The maximum atomic E-state index is 5.16. The van der Waals surface area contributed by atoms with Gasteiger partial charge in [0.25, 0.3) is 0 Å². The molecule has 0 saturated carbocycles. The molecule has 0 unspecified atom stereocenters. The molecular weight excluding hydrogens is 244 g/mol. The first kappa shape index (κ1) is 11.7. The number of methoxy groups -OCH3 is 1. The van der Waals surface area contributed by atoms with Crippen molar-refractivity contribution in [2.24, 2.45) is 0 Å². The minimum Gasteiger partial charge on any atom is -0.497 e. The van der Waals surface area contributed by atoms with Crippen LogP contribution >= 0.6 is 11.8 Å². The number of ether oxygens (including phenoxy) is 1. The molecule has 0 amide bonds. The number of aromatic nitrogens is 2. The van der Waals surface area contributed by atoms with Gasteiger partial charge in [0.15, 0.2) is 0 Å². The molecule has 1 atom stereocenters. The molecule has 3 nitrogen and oxygen atoms in total. The molecule has 2 aromatic rings. The van der Waals surface area contributed by atoms with Crippen LogP contribution in [0.25, 0.3) is 0 Å². The third kappa shape index (κ3) is 2.38. The second kappa shape index (κ2) is 5.06. The van der Waals surface area contributed by atoms with Gasteiger partial charge in [0, 0.05) is 36.4 Å². The van der Waals surface area contributed by atoms with E-state index in [9.17, 15) is 0 Å². The highest BCUT2D eigenvalue weighted by Crippen LogP contribution is 2.27. The maximum Gasteiger partial charge on any atom is 0.118 e. The van der Waals surface area contributed by atoms with Crippen LogP contribution in [0.15, 0.2) is 36.7 Å². The average molecular weight is 260 g/mol. The van der Waals surface area contributed by atoms with Crippen LogP contribution in [0.3, 0.4) is 0 Å². The molecule has 0 N–H and O–H groups in total. The Balaban J connectivity index is 1.54. The molecule has 0 radical (unpaired) electrons. The predicted molar refractivity (Wildman–Crippen MR) is 74.0 cm³/mol. The van der Waals surface area contributed by atoms with Gasteiger partial charge < -0.3 is 9.30 Å². The zero-order valence-electron chi connectivity index (χ0n) is 10.4. The highest BCUT2D eigenvalue weighted by atomic mass is 32.2. The second-order valence-corrected chi connectivity index (χ2v) is 5.77. The van der Waals surface area contributed by atoms with Crippen LogP contribution < -0.4 is 4.74 Å². The van der Waals surface area contributed by atoms with Gasteiger partial charge in [-0.15, -0.1) is 0 Å². The van der Waals surface area contributed by atoms with E-state index in [-0.39, 0.29) is 0 Å². The summed E-state index contributed by atoms with van der Waals surface area (Å²) in [6, 6.07) is 8.32. The van der Waals surface area contributed by atoms with Crippen molar-refractivity contribution in [1.29, 1.82) is 0 Å². The van der Waals surface area contributed by atoms with Gasteiger partial charge in [-0.1, -0.05) is 12.1 Å². The van der Waals surface area contributed by atoms with Crippen molar-refractivity contribution >= 4 is 11.8 Å². The lowest BCUT2D eigenvalue weighted by atomic mass is 10.2. The average Bonchev–Trinajstić information content (AvgIpc) is 2.97. The van der Waals surface area contributed by atoms with E-state index in [1.54, 1.807) is 7.11 Å². The maximum absolute atomic E-state index is 5.16. The molecule has 4 heteroatoms. The van der Waals surface area contributed by atoms with Crippen LogP contribution in [0.2, 0.25) is 0 Å².